The molecular weight excluding hydrogens is 292 g/mol. The lowest BCUT2D eigenvalue weighted by Crippen LogP contribution is -2.26. The summed E-state index contributed by atoms with van der Waals surface area (Å²) in [6, 6.07) is 5.19. The summed E-state index contributed by atoms with van der Waals surface area (Å²) < 4.78 is 36.4. The highest BCUT2D eigenvalue weighted by molar-refractivity contribution is 7.88. The van der Waals surface area contributed by atoms with Crippen molar-refractivity contribution in [2.24, 2.45) is 0 Å². The zero-order valence-corrected chi connectivity index (χ0v) is 13.2. The van der Waals surface area contributed by atoms with Crippen molar-refractivity contribution in [2.75, 3.05) is 7.05 Å². The molecule has 0 aromatic carbocycles. The van der Waals surface area contributed by atoms with E-state index in [0.29, 0.717) is 18.3 Å². The summed E-state index contributed by atoms with van der Waals surface area (Å²) in [5.41, 5.74) is 0.786. The molecule has 0 aliphatic heterocycles. The van der Waals surface area contributed by atoms with Gasteiger partial charge in [-0.25, -0.2) is 8.42 Å². The predicted molar refractivity (Wildman–Crippen MR) is 78.0 cm³/mol. The molecule has 0 aliphatic rings. The minimum atomic E-state index is -3.64. The topological polar surface area (TPSA) is 75.7 Å². The normalized spacial score (nSPS) is 12.4. The Morgan fingerprint density at radius 2 is 2.05 bits per heavy atom. The smallest absolute Gasteiger partial charge is 0.276 e. The number of hydrogen-bond donors (Lipinski definition) is 1. The van der Waals surface area contributed by atoms with E-state index in [9.17, 15) is 8.42 Å². The Hall–Kier alpha value is -1.57. The molecular formula is C14H20N2O4S. The van der Waals surface area contributed by atoms with Crippen LogP contribution < -0.4 is 5.32 Å². The standard InChI is InChI=1S/C14H20N2O4S/c1-11(2)15-8-13-4-5-14(20-13)21(17,18)16(3)9-12-6-7-19-10-12/h4-7,10-11,15H,8-9H2,1-3H3. The second-order valence-corrected chi connectivity index (χ2v) is 7.12. The first kappa shape index (κ1) is 15.8. The molecule has 6 nitrogen and oxygen atoms in total. The molecule has 2 rings (SSSR count). The summed E-state index contributed by atoms with van der Waals surface area (Å²) >= 11 is 0. The van der Waals surface area contributed by atoms with E-state index in [-0.39, 0.29) is 11.6 Å². The van der Waals surface area contributed by atoms with E-state index in [1.807, 2.05) is 13.8 Å². The van der Waals surface area contributed by atoms with Gasteiger partial charge in [0.1, 0.15) is 5.76 Å². The van der Waals surface area contributed by atoms with Gasteiger partial charge in [-0.1, -0.05) is 13.8 Å². The zero-order chi connectivity index (χ0) is 15.5. The van der Waals surface area contributed by atoms with E-state index < -0.39 is 10.0 Å². The van der Waals surface area contributed by atoms with E-state index in [1.165, 1.54) is 29.9 Å². The van der Waals surface area contributed by atoms with Gasteiger partial charge < -0.3 is 14.2 Å². The Labute approximate surface area is 124 Å². The van der Waals surface area contributed by atoms with Crippen LogP contribution in [0.1, 0.15) is 25.2 Å². The molecule has 0 spiro atoms. The van der Waals surface area contributed by atoms with Crippen molar-refractivity contribution in [2.45, 2.75) is 38.1 Å². The van der Waals surface area contributed by atoms with Crippen LogP contribution in [0, 0.1) is 0 Å². The number of nitrogens with one attached hydrogen (secondary N) is 1. The summed E-state index contributed by atoms with van der Waals surface area (Å²) in [4.78, 5) is 0. The van der Waals surface area contributed by atoms with Crippen LogP contribution in [0.2, 0.25) is 0 Å². The fraction of sp³-hybridized carbons (Fsp3) is 0.429. The Morgan fingerprint density at radius 3 is 2.67 bits per heavy atom. The van der Waals surface area contributed by atoms with Crippen LogP contribution in [0.5, 0.6) is 0 Å². The third kappa shape index (κ3) is 3.96. The molecule has 2 aromatic rings. The Morgan fingerprint density at radius 1 is 1.29 bits per heavy atom. The van der Waals surface area contributed by atoms with Crippen LogP contribution in [-0.2, 0) is 23.1 Å². The van der Waals surface area contributed by atoms with Gasteiger partial charge in [-0.2, -0.15) is 4.31 Å². The van der Waals surface area contributed by atoms with Crippen LogP contribution in [0.3, 0.4) is 0 Å². The van der Waals surface area contributed by atoms with Gasteiger partial charge in [0.2, 0.25) is 5.09 Å². The molecule has 0 amide bonds. The molecule has 0 atom stereocenters. The number of rotatable bonds is 7. The molecule has 2 heterocycles. The molecule has 21 heavy (non-hydrogen) atoms. The highest BCUT2D eigenvalue weighted by Crippen LogP contribution is 2.19. The second-order valence-electron chi connectivity index (χ2n) is 5.15. The minimum Gasteiger partial charge on any atom is -0.472 e. The molecule has 0 unspecified atom stereocenters. The monoisotopic (exact) mass is 312 g/mol. The van der Waals surface area contributed by atoms with Gasteiger partial charge in [-0.3, -0.25) is 0 Å². The molecule has 7 heteroatoms. The van der Waals surface area contributed by atoms with Crippen molar-refractivity contribution in [3.63, 3.8) is 0 Å². The van der Waals surface area contributed by atoms with Gasteiger partial charge in [0.25, 0.3) is 10.0 Å². The highest BCUT2D eigenvalue weighted by atomic mass is 32.2. The molecule has 0 bridgehead atoms. The first-order valence-corrected chi connectivity index (χ1v) is 8.13. The summed E-state index contributed by atoms with van der Waals surface area (Å²) in [7, 11) is -2.12. The minimum absolute atomic E-state index is 0.0472. The van der Waals surface area contributed by atoms with E-state index >= 15 is 0 Å². The molecule has 2 aromatic heterocycles. The number of sulfonamides is 1. The van der Waals surface area contributed by atoms with Crippen molar-refractivity contribution >= 4 is 10.0 Å². The Bertz CT molecular complexity index is 659. The molecule has 1 N–H and O–H groups in total. The lowest BCUT2D eigenvalue weighted by molar-refractivity contribution is 0.374. The Kier molecular flexibility index (Phi) is 4.87. The van der Waals surface area contributed by atoms with E-state index in [0.717, 1.165) is 5.56 Å². The maximum absolute atomic E-state index is 12.4. The zero-order valence-electron chi connectivity index (χ0n) is 12.4. The molecule has 116 valence electrons. The van der Waals surface area contributed by atoms with Crippen LogP contribution in [0.4, 0.5) is 0 Å². The highest BCUT2D eigenvalue weighted by Gasteiger charge is 2.25. The fourth-order valence-electron chi connectivity index (χ4n) is 1.77. The molecule has 0 aliphatic carbocycles. The van der Waals surface area contributed by atoms with Crippen LogP contribution in [0.15, 0.2) is 44.7 Å². The van der Waals surface area contributed by atoms with Gasteiger partial charge in [-0.15, -0.1) is 0 Å². The summed E-state index contributed by atoms with van der Waals surface area (Å²) in [6.07, 6.45) is 3.03. The summed E-state index contributed by atoms with van der Waals surface area (Å²) in [5, 5.41) is 3.13. The molecule has 0 saturated carbocycles. The third-order valence-electron chi connectivity index (χ3n) is 2.97. The van der Waals surface area contributed by atoms with Gasteiger partial charge in [0, 0.05) is 25.2 Å². The van der Waals surface area contributed by atoms with Gasteiger partial charge >= 0.3 is 0 Å². The van der Waals surface area contributed by atoms with Gasteiger partial charge in [0.15, 0.2) is 0 Å². The van der Waals surface area contributed by atoms with Crippen molar-refractivity contribution in [1.82, 2.24) is 9.62 Å². The number of furan rings is 2. The second kappa shape index (κ2) is 6.46. The maximum Gasteiger partial charge on any atom is 0.276 e. The lowest BCUT2D eigenvalue weighted by atomic mass is 10.3. The van der Waals surface area contributed by atoms with E-state index in [2.05, 4.69) is 5.32 Å². The SMILES string of the molecule is CC(C)NCc1ccc(S(=O)(=O)N(C)Cc2ccoc2)o1. The maximum atomic E-state index is 12.4. The van der Waals surface area contributed by atoms with Crippen LogP contribution >= 0.6 is 0 Å². The van der Waals surface area contributed by atoms with Crippen molar-refractivity contribution in [3.8, 4) is 0 Å². The van der Waals surface area contributed by atoms with Gasteiger partial charge in [-0.05, 0) is 18.2 Å². The first-order chi connectivity index (χ1) is 9.89. The third-order valence-corrected chi connectivity index (χ3v) is 4.65. The number of hydrogen-bond acceptors (Lipinski definition) is 5. The quantitative estimate of drug-likeness (QED) is 0.848. The van der Waals surface area contributed by atoms with Crippen LogP contribution in [0.25, 0.3) is 0 Å². The van der Waals surface area contributed by atoms with E-state index in [1.54, 1.807) is 12.1 Å². The van der Waals surface area contributed by atoms with Crippen LogP contribution in [-0.4, -0.2) is 25.8 Å². The van der Waals surface area contributed by atoms with Crippen molar-refractivity contribution < 1.29 is 17.3 Å². The first-order valence-electron chi connectivity index (χ1n) is 6.69. The molecule has 0 radical (unpaired) electrons. The number of nitrogens with zero attached hydrogens (tertiary/aromatic N) is 1. The Balaban J connectivity index is 2.08. The average molecular weight is 312 g/mol. The van der Waals surface area contributed by atoms with Gasteiger partial charge in [0.05, 0.1) is 19.1 Å². The van der Waals surface area contributed by atoms with Crippen molar-refractivity contribution in [3.05, 3.63) is 42.0 Å². The molecule has 0 fully saturated rings. The molecule has 0 saturated heterocycles. The largest absolute Gasteiger partial charge is 0.472 e. The predicted octanol–water partition coefficient (Wildman–Crippen LogP) is 2.19. The average Bonchev–Trinajstić information content (AvgIpc) is 3.07. The summed E-state index contributed by atoms with van der Waals surface area (Å²) in [5.74, 6) is 0.596. The van der Waals surface area contributed by atoms with Crippen molar-refractivity contribution in [1.29, 1.82) is 0 Å². The fourth-order valence-corrected chi connectivity index (χ4v) is 2.85. The lowest BCUT2D eigenvalue weighted by Gasteiger charge is -2.14. The summed E-state index contributed by atoms with van der Waals surface area (Å²) in [6.45, 7) is 4.76. The van der Waals surface area contributed by atoms with E-state index in [4.69, 9.17) is 8.83 Å².